The van der Waals surface area contributed by atoms with E-state index in [0.29, 0.717) is 12.2 Å². The standard InChI is InChI=1S/C12H14N4O3/c13-16-15-11-6-8(12(17)18)3-4-10(11)14-7-9-2-1-5-19-9/h3-4,6,9,14H,1-2,5,7H2,(H,17,18). The minimum atomic E-state index is -1.06. The molecule has 1 aliphatic rings. The van der Waals surface area contributed by atoms with Crippen molar-refractivity contribution >= 4 is 17.3 Å². The number of aromatic carboxylic acids is 1. The Morgan fingerprint density at radius 2 is 2.47 bits per heavy atom. The van der Waals surface area contributed by atoms with Crippen LogP contribution < -0.4 is 5.32 Å². The van der Waals surface area contributed by atoms with Gasteiger partial charge in [0.05, 0.1) is 17.4 Å². The van der Waals surface area contributed by atoms with Crippen molar-refractivity contribution in [2.24, 2.45) is 5.11 Å². The fourth-order valence-electron chi connectivity index (χ4n) is 1.97. The Labute approximate surface area is 109 Å². The third-order valence-electron chi connectivity index (χ3n) is 2.94. The van der Waals surface area contributed by atoms with Crippen LogP contribution in [0.25, 0.3) is 10.4 Å². The maximum absolute atomic E-state index is 10.9. The van der Waals surface area contributed by atoms with Crippen LogP contribution in [0, 0.1) is 0 Å². The molecule has 1 fully saturated rings. The van der Waals surface area contributed by atoms with E-state index < -0.39 is 5.97 Å². The molecule has 0 aromatic heterocycles. The summed E-state index contributed by atoms with van der Waals surface area (Å²) in [5, 5.41) is 15.5. The minimum Gasteiger partial charge on any atom is -0.478 e. The van der Waals surface area contributed by atoms with E-state index in [4.69, 9.17) is 15.4 Å². The van der Waals surface area contributed by atoms with E-state index in [1.807, 2.05) is 0 Å². The SMILES string of the molecule is [N-]=[N+]=Nc1cc(C(=O)O)ccc1NCC1CCCO1. The molecular formula is C12H14N4O3. The third-order valence-corrected chi connectivity index (χ3v) is 2.94. The fraction of sp³-hybridized carbons (Fsp3) is 0.417. The molecule has 1 unspecified atom stereocenters. The summed E-state index contributed by atoms with van der Waals surface area (Å²) in [4.78, 5) is 13.6. The number of hydrogen-bond acceptors (Lipinski definition) is 4. The molecule has 1 heterocycles. The van der Waals surface area contributed by atoms with Crippen molar-refractivity contribution in [3.8, 4) is 0 Å². The Morgan fingerprint density at radius 3 is 3.11 bits per heavy atom. The van der Waals surface area contributed by atoms with Gasteiger partial charge in [0.25, 0.3) is 0 Å². The number of azide groups is 1. The fourth-order valence-corrected chi connectivity index (χ4v) is 1.97. The highest BCUT2D eigenvalue weighted by molar-refractivity contribution is 5.90. The first-order chi connectivity index (χ1) is 9.20. The van der Waals surface area contributed by atoms with Gasteiger partial charge in [-0.1, -0.05) is 5.11 Å². The van der Waals surface area contributed by atoms with Gasteiger partial charge in [-0.25, -0.2) is 4.79 Å². The number of carboxylic acid groups (broad SMARTS) is 1. The van der Waals surface area contributed by atoms with Crippen molar-refractivity contribution in [3.05, 3.63) is 34.2 Å². The van der Waals surface area contributed by atoms with Gasteiger partial charge in [-0.15, -0.1) is 0 Å². The molecule has 0 spiro atoms. The first kappa shape index (κ1) is 13.2. The molecule has 0 aliphatic carbocycles. The number of carboxylic acids is 1. The minimum absolute atomic E-state index is 0.0880. The van der Waals surface area contributed by atoms with E-state index in [2.05, 4.69) is 15.3 Å². The molecule has 1 saturated heterocycles. The van der Waals surface area contributed by atoms with E-state index in [0.717, 1.165) is 19.4 Å². The van der Waals surface area contributed by atoms with Gasteiger partial charge in [0.2, 0.25) is 0 Å². The monoisotopic (exact) mass is 262 g/mol. The molecule has 0 amide bonds. The average Bonchev–Trinajstić information content (AvgIpc) is 2.90. The van der Waals surface area contributed by atoms with Crippen molar-refractivity contribution in [2.75, 3.05) is 18.5 Å². The van der Waals surface area contributed by atoms with Crippen LogP contribution in [-0.2, 0) is 4.74 Å². The quantitative estimate of drug-likeness (QED) is 0.483. The van der Waals surface area contributed by atoms with E-state index in [1.165, 1.54) is 12.1 Å². The van der Waals surface area contributed by atoms with E-state index in [9.17, 15) is 4.79 Å². The van der Waals surface area contributed by atoms with Crippen LogP contribution in [0.3, 0.4) is 0 Å². The summed E-state index contributed by atoms with van der Waals surface area (Å²) < 4.78 is 5.48. The summed E-state index contributed by atoms with van der Waals surface area (Å²) >= 11 is 0. The molecule has 0 radical (unpaired) electrons. The zero-order chi connectivity index (χ0) is 13.7. The van der Waals surface area contributed by atoms with Gasteiger partial charge in [0.15, 0.2) is 0 Å². The van der Waals surface area contributed by atoms with Crippen molar-refractivity contribution in [1.82, 2.24) is 0 Å². The molecule has 2 N–H and O–H groups in total. The summed E-state index contributed by atoms with van der Waals surface area (Å²) in [5.74, 6) is -1.06. The molecule has 2 rings (SSSR count). The van der Waals surface area contributed by atoms with Gasteiger partial charge in [-0.3, -0.25) is 0 Å². The van der Waals surface area contributed by atoms with Gasteiger partial charge in [-0.05, 0) is 36.6 Å². The third kappa shape index (κ3) is 3.37. The van der Waals surface area contributed by atoms with E-state index in [-0.39, 0.29) is 17.4 Å². The Balaban J connectivity index is 2.13. The highest BCUT2D eigenvalue weighted by Gasteiger charge is 2.15. The number of nitrogens with zero attached hydrogens (tertiary/aromatic N) is 3. The van der Waals surface area contributed by atoms with Crippen LogP contribution >= 0.6 is 0 Å². The Morgan fingerprint density at radius 1 is 1.63 bits per heavy atom. The van der Waals surface area contributed by atoms with Crippen LogP contribution in [0.15, 0.2) is 23.3 Å². The van der Waals surface area contributed by atoms with E-state index in [1.54, 1.807) is 6.07 Å². The first-order valence-corrected chi connectivity index (χ1v) is 5.98. The normalized spacial score (nSPS) is 17.8. The topological polar surface area (TPSA) is 107 Å². The predicted octanol–water partition coefficient (Wildman–Crippen LogP) is 2.92. The summed E-state index contributed by atoms with van der Waals surface area (Å²) in [5.41, 5.74) is 9.49. The van der Waals surface area contributed by atoms with Crippen LogP contribution in [0.4, 0.5) is 11.4 Å². The zero-order valence-corrected chi connectivity index (χ0v) is 10.2. The van der Waals surface area contributed by atoms with Crippen LogP contribution in [0.2, 0.25) is 0 Å². The van der Waals surface area contributed by atoms with Gasteiger partial charge >= 0.3 is 5.97 Å². The lowest BCUT2D eigenvalue weighted by Gasteiger charge is -2.13. The zero-order valence-electron chi connectivity index (χ0n) is 10.2. The summed E-state index contributed by atoms with van der Waals surface area (Å²) in [6.45, 7) is 1.38. The van der Waals surface area contributed by atoms with Crippen molar-refractivity contribution in [3.63, 3.8) is 0 Å². The van der Waals surface area contributed by atoms with Crippen molar-refractivity contribution in [1.29, 1.82) is 0 Å². The molecule has 1 aromatic carbocycles. The lowest BCUT2D eigenvalue weighted by molar-refractivity contribution is 0.0697. The van der Waals surface area contributed by atoms with E-state index >= 15 is 0 Å². The Bertz CT molecular complexity index is 520. The number of anilines is 1. The lowest BCUT2D eigenvalue weighted by Crippen LogP contribution is -2.18. The average molecular weight is 262 g/mol. The first-order valence-electron chi connectivity index (χ1n) is 5.98. The van der Waals surface area contributed by atoms with Crippen molar-refractivity contribution in [2.45, 2.75) is 18.9 Å². The second-order valence-corrected chi connectivity index (χ2v) is 4.24. The van der Waals surface area contributed by atoms with Crippen LogP contribution in [0.1, 0.15) is 23.2 Å². The maximum Gasteiger partial charge on any atom is 0.335 e. The second-order valence-electron chi connectivity index (χ2n) is 4.24. The van der Waals surface area contributed by atoms with Gasteiger partial charge in [0, 0.05) is 23.8 Å². The van der Waals surface area contributed by atoms with Gasteiger partial charge in [-0.2, -0.15) is 0 Å². The predicted molar refractivity (Wildman–Crippen MR) is 69.7 cm³/mol. The molecule has 19 heavy (non-hydrogen) atoms. The molecule has 0 saturated carbocycles. The second kappa shape index (κ2) is 6.08. The van der Waals surface area contributed by atoms with Crippen molar-refractivity contribution < 1.29 is 14.6 Å². The summed E-state index contributed by atoms with van der Waals surface area (Å²) in [7, 11) is 0. The van der Waals surface area contributed by atoms with Crippen LogP contribution in [0.5, 0.6) is 0 Å². The molecule has 100 valence electrons. The molecule has 7 heteroatoms. The molecule has 0 bridgehead atoms. The smallest absolute Gasteiger partial charge is 0.335 e. The summed E-state index contributed by atoms with van der Waals surface area (Å²) in [6, 6.07) is 4.42. The Hall–Kier alpha value is -2.24. The molecule has 7 nitrogen and oxygen atoms in total. The number of hydrogen-bond donors (Lipinski definition) is 2. The highest BCUT2D eigenvalue weighted by atomic mass is 16.5. The Kier molecular flexibility index (Phi) is 4.22. The molecule has 1 aliphatic heterocycles. The molecule has 1 atom stereocenters. The van der Waals surface area contributed by atoms with Gasteiger partial charge in [0.1, 0.15) is 0 Å². The number of benzene rings is 1. The lowest BCUT2D eigenvalue weighted by atomic mass is 10.1. The number of rotatable bonds is 5. The number of carbonyl (C=O) groups is 1. The highest BCUT2D eigenvalue weighted by Crippen LogP contribution is 2.27. The largest absolute Gasteiger partial charge is 0.478 e. The molecule has 1 aromatic rings. The molecular weight excluding hydrogens is 248 g/mol. The van der Waals surface area contributed by atoms with Gasteiger partial charge < -0.3 is 15.2 Å². The summed E-state index contributed by atoms with van der Waals surface area (Å²) in [6.07, 6.45) is 2.20. The number of nitrogens with one attached hydrogen (secondary N) is 1. The number of ether oxygens (including phenoxy) is 1. The van der Waals surface area contributed by atoms with Crippen LogP contribution in [-0.4, -0.2) is 30.3 Å². The maximum atomic E-state index is 10.9.